The predicted molar refractivity (Wildman–Crippen MR) is 57.9 cm³/mol. The van der Waals surface area contributed by atoms with E-state index in [1.807, 2.05) is 7.05 Å². The number of rotatable bonds is 5. The Hall–Kier alpha value is -0.590. The minimum atomic E-state index is 0.488. The maximum absolute atomic E-state index is 8.71. The SMILES string of the molecule is CCC(CC#N)N1CCC(CNC)C1. The van der Waals surface area contributed by atoms with E-state index in [1.165, 1.54) is 19.5 Å². The Morgan fingerprint density at radius 2 is 2.43 bits per heavy atom. The molecule has 0 saturated carbocycles. The van der Waals surface area contributed by atoms with Gasteiger partial charge >= 0.3 is 0 Å². The maximum atomic E-state index is 8.71. The van der Waals surface area contributed by atoms with E-state index in [4.69, 9.17) is 5.26 Å². The van der Waals surface area contributed by atoms with E-state index >= 15 is 0 Å². The van der Waals surface area contributed by atoms with Crippen molar-refractivity contribution in [2.24, 2.45) is 5.92 Å². The number of hydrogen-bond acceptors (Lipinski definition) is 3. The number of nitrogens with zero attached hydrogens (tertiary/aromatic N) is 2. The van der Waals surface area contributed by atoms with Gasteiger partial charge in [0.25, 0.3) is 0 Å². The third-order valence-corrected chi connectivity index (χ3v) is 3.12. The van der Waals surface area contributed by atoms with Crippen molar-refractivity contribution in [3.05, 3.63) is 0 Å². The molecule has 1 N–H and O–H groups in total. The van der Waals surface area contributed by atoms with Crippen LogP contribution in [0.5, 0.6) is 0 Å². The lowest BCUT2D eigenvalue weighted by Gasteiger charge is -2.24. The van der Waals surface area contributed by atoms with Gasteiger partial charge in [0, 0.05) is 12.6 Å². The molecule has 1 rings (SSSR count). The number of hydrogen-bond donors (Lipinski definition) is 1. The van der Waals surface area contributed by atoms with Crippen LogP contribution in [0.4, 0.5) is 0 Å². The van der Waals surface area contributed by atoms with Gasteiger partial charge in [-0.15, -0.1) is 0 Å². The Labute approximate surface area is 87.1 Å². The fourth-order valence-electron chi connectivity index (χ4n) is 2.29. The molecular formula is C11H21N3. The standard InChI is InChI=1S/C11H21N3/c1-3-11(4-6-12)14-7-5-10(9-14)8-13-2/h10-11,13H,3-5,7-9H2,1-2H3. The zero-order valence-electron chi connectivity index (χ0n) is 9.29. The maximum Gasteiger partial charge on any atom is 0.0638 e. The normalized spacial score (nSPS) is 24.8. The third kappa shape index (κ3) is 2.97. The summed E-state index contributed by atoms with van der Waals surface area (Å²) in [5, 5.41) is 11.9. The van der Waals surface area contributed by atoms with Crippen molar-refractivity contribution >= 4 is 0 Å². The summed E-state index contributed by atoms with van der Waals surface area (Å²) in [5.74, 6) is 0.785. The highest BCUT2D eigenvalue weighted by Gasteiger charge is 2.26. The second-order valence-corrected chi connectivity index (χ2v) is 4.13. The van der Waals surface area contributed by atoms with Gasteiger partial charge in [0.1, 0.15) is 0 Å². The van der Waals surface area contributed by atoms with E-state index in [2.05, 4.69) is 23.2 Å². The Morgan fingerprint density at radius 3 is 3.00 bits per heavy atom. The van der Waals surface area contributed by atoms with Crippen LogP contribution in [0.2, 0.25) is 0 Å². The van der Waals surface area contributed by atoms with E-state index in [-0.39, 0.29) is 0 Å². The first-order valence-electron chi connectivity index (χ1n) is 5.57. The summed E-state index contributed by atoms with van der Waals surface area (Å²) in [5.41, 5.74) is 0. The summed E-state index contributed by atoms with van der Waals surface area (Å²) in [4.78, 5) is 2.48. The summed E-state index contributed by atoms with van der Waals surface area (Å²) in [6.45, 7) is 5.63. The minimum Gasteiger partial charge on any atom is -0.319 e. The van der Waals surface area contributed by atoms with E-state index in [0.717, 1.165) is 18.9 Å². The van der Waals surface area contributed by atoms with Crippen molar-refractivity contribution in [1.29, 1.82) is 5.26 Å². The average Bonchev–Trinajstić information content (AvgIpc) is 2.63. The number of nitriles is 1. The highest BCUT2D eigenvalue weighted by Crippen LogP contribution is 2.20. The number of nitrogens with one attached hydrogen (secondary N) is 1. The fourth-order valence-corrected chi connectivity index (χ4v) is 2.29. The predicted octanol–water partition coefficient (Wildman–Crippen LogP) is 1.22. The van der Waals surface area contributed by atoms with Crippen LogP contribution in [-0.4, -0.2) is 37.6 Å². The van der Waals surface area contributed by atoms with Gasteiger partial charge in [0.05, 0.1) is 12.5 Å². The highest BCUT2D eigenvalue weighted by molar-refractivity contribution is 4.87. The van der Waals surface area contributed by atoms with E-state index in [9.17, 15) is 0 Å². The first-order chi connectivity index (χ1) is 6.81. The summed E-state index contributed by atoms with van der Waals surface area (Å²) >= 11 is 0. The zero-order valence-corrected chi connectivity index (χ0v) is 9.29. The Balaban J connectivity index is 2.35. The molecule has 0 aromatic rings. The molecule has 2 unspecified atom stereocenters. The molecule has 0 bridgehead atoms. The Bertz CT molecular complexity index is 197. The molecule has 3 heteroatoms. The molecule has 1 heterocycles. The molecule has 0 spiro atoms. The van der Waals surface area contributed by atoms with Crippen LogP contribution < -0.4 is 5.32 Å². The van der Waals surface area contributed by atoms with Gasteiger partial charge in [0.15, 0.2) is 0 Å². The van der Waals surface area contributed by atoms with Gasteiger partial charge in [-0.3, -0.25) is 4.90 Å². The molecule has 80 valence electrons. The van der Waals surface area contributed by atoms with Crippen molar-refractivity contribution in [2.45, 2.75) is 32.2 Å². The van der Waals surface area contributed by atoms with E-state index < -0.39 is 0 Å². The molecule has 1 fully saturated rings. The molecule has 1 aliphatic rings. The van der Waals surface area contributed by atoms with Crippen LogP contribution in [-0.2, 0) is 0 Å². The van der Waals surface area contributed by atoms with Crippen molar-refractivity contribution in [3.8, 4) is 6.07 Å². The lowest BCUT2D eigenvalue weighted by atomic mass is 10.1. The quantitative estimate of drug-likeness (QED) is 0.717. The van der Waals surface area contributed by atoms with E-state index in [0.29, 0.717) is 12.5 Å². The summed E-state index contributed by atoms with van der Waals surface area (Å²) in [6, 6.07) is 2.77. The lowest BCUT2D eigenvalue weighted by molar-refractivity contribution is 0.230. The smallest absolute Gasteiger partial charge is 0.0638 e. The minimum absolute atomic E-state index is 0.488. The molecule has 2 atom stereocenters. The van der Waals surface area contributed by atoms with Gasteiger partial charge in [-0.25, -0.2) is 0 Å². The Morgan fingerprint density at radius 1 is 1.64 bits per heavy atom. The largest absolute Gasteiger partial charge is 0.319 e. The van der Waals surface area contributed by atoms with Crippen molar-refractivity contribution in [2.75, 3.05) is 26.7 Å². The van der Waals surface area contributed by atoms with Crippen molar-refractivity contribution in [1.82, 2.24) is 10.2 Å². The van der Waals surface area contributed by atoms with Gasteiger partial charge in [-0.2, -0.15) is 5.26 Å². The zero-order chi connectivity index (χ0) is 10.4. The summed E-state index contributed by atoms with van der Waals surface area (Å²) in [7, 11) is 2.01. The molecule has 1 saturated heterocycles. The van der Waals surface area contributed by atoms with Gasteiger partial charge < -0.3 is 5.32 Å². The fraction of sp³-hybridized carbons (Fsp3) is 0.909. The van der Waals surface area contributed by atoms with Crippen LogP contribution in [0.1, 0.15) is 26.2 Å². The van der Waals surface area contributed by atoms with Gasteiger partial charge in [0.2, 0.25) is 0 Å². The first-order valence-corrected chi connectivity index (χ1v) is 5.57. The number of likely N-dealkylation sites (tertiary alicyclic amines) is 1. The topological polar surface area (TPSA) is 39.1 Å². The molecule has 14 heavy (non-hydrogen) atoms. The lowest BCUT2D eigenvalue weighted by Crippen LogP contribution is -2.33. The average molecular weight is 195 g/mol. The van der Waals surface area contributed by atoms with Crippen LogP contribution in [0, 0.1) is 17.2 Å². The van der Waals surface area contributed by atoms with Crippen molar-refractivity contribution < 1.29 is 0 Å². The van der Waals surface area contributed by atoms with Crippen LogP contribution >= 0.6 is 0 Å². The highest BCUT2D eigenvalue weighted by atomic mass is 15.2. The van der Waals surface area contributed by atoms with Crippen molar-refractivity contribution in [3.63, 3.8) is 0 Å². The summed E-state index contributed by atoms with van der Waals surface area (Å²) < 4.78 is 0. The summed E-state index contributed by atoms with van der Waals surface area (Å²) in [6.07, 6.45) is 3.06. The molecule has 0 radical (unpaired) electrons. The molecule has 1 aliphatic heterocycles. The second-order valence-electron chi connectivity index (χ2n) is 4.13. The van der Waals surface area contributed by atoms with Crippen LogP contribution in [0.25, 0.3) is 0 Å². The van der Waals surface area contributed by atoms with Gasteiger partial charge in [-0.05, 0) is 38.9 Å². The molecular weight excluding hydrogens is 174 g/mol. The first kappa shape index (κ1) is 11.5. The molecule has 3 nitrogen and oxygen atoms in total. The Kier molecular flexibility index (Phi) is 4.92. The van der Waals surface area contributed by atoms with Gasteiger partial charge in [-0.1, -0.05) is 6.92 Å². The third-order valence-electron chi connectivity index (χ3n) is 3.12. The molecule has 0 aliphatic carbocycles. The molecule has 0 aromatic heterocycles. The van der Waals surface area contributed by atoms with Crippen LogP contribution in [0.15, 0.2) is 0 Å². The molecule has 0 amide bonds. The van der Waals surface area contributed by atoms with Crippen LogP contribution in [0.3, 0.4) is 0 Å². The van der Waals surface area contributed by atoms with E-state index in [1.54, 1.807) is 0 Å². The second kappa shape index (κ2) is 6.00. The molecule has 0 aromatic carbocycles. The monoisotopic (exact) mass is 195 g/mol.